The molecule has 1 fully saturated rings. The van der Waals surface area contributed by atoms with E-state index in [0.29, 0.717) is 19.2 Å². The monoisotopic (exact) mass is 173 g/mol. The summed E-state index contributed by atoms with van der Waals surface area (Å²) in [7, 11) is 0. The van der Waals surface area contributed by atoms with Gasteiger partial charge in [0.25, 0.3) is 0 Å². The number of rotatable bonds is 4. The Labute approximate surface area is 71.4 Å². The molecule has 2 unspecified atom stereocenters. The van der Waals surface area contributed by atoms with E-state index < -0.39 is 11.9 Å². The van der Waals surface area contributed by atoms with Crippen molar-refractivity contribution in [1.29, 1.82) is 0 Å². The molecule has 1 saturated heterocycles. The van der Waals surface area contributed by atoms with Gasteiger partial charge < -0.3 is 21.5 Å². The van der Waals surface area contributed by atoms with Crippen molar-refractivity contribution in [3.63, 3.8) is 0 Å². The minimum Gasteiger partial charge on any atom is -0.380 e. The van der Waals surface area contributed by atoms with Crippen LogP contribution in [-0.2, 0) is 9.53 Å². The summed E-state index contributed by atoms with van der Waals surface area (Å²) in [4.78, 5) is 10.5. The fourth-order valence-corrected chi connectivity index (χ4v) is 1.09. The van der Waals surface area contributed by atoms with Gasteiger partial charge in [-0.25, -0.2) is 0 Å². The topological polar surface area (TPSA) is 90.4 Å². The Kier molecular flexibility index (Phi) is 3.46. The SMILES string of the molecule is NC(=O)C(N)CNC1CCOC1. The molecule has 5 N–H and O–H groups in total. The third kappa shape index (κ3) is 2.77. The van der Waals surface area contributed by atoms with Crippen LogP contribution in [0.4, 0.5) is 0 Å². The van der Waals surface area contributed by atoms with Gasteiger partial charge in [-0.3, -0.25) is 4.79 Å². The molecule has 0 aromatic rings. The van der Waals surface area contributed by atoms with Crippen molar-refractivity contribution in [1.82, 2.24) is 5.32 Å². The van der Waals surface area contributed by atoms with E-state index >= 15 is 0 Å². The van der Waals surface area contributed by atoms with Crippen molar-refractivity contribution in [2.24, 2.45) is 11.5 Å². The lowest BCUT2D eigenvalue weighted by Crippen LogP contribution is -2.47. The van der Waals surface area contributed by atoms with Crippen LogP contribution in [0.15, 0.2) is 0 Å². The number of hydrogen-bond donors (Lipinski definition) is 3. The molecule has 2 atom stereocenters. The Morgan fingerprint density at radius 1 is 1.75 bits per heavy atom. The standard InChI is InChI=1S/C7H15N3O2/c8-6(7(9)11)3-10-5-1-2-12-4-5/h5-6,10H,1-4,8H2,(H2,9,11). The molecule has 0 spiro atoms. The second kappa shape index (κ2) is 4.39. The molecular weight excluding hydrogens is 158 g/mol. The van der Waals surface area contributed by atoms with Gasteiger partial charge in [-0.2, -0.15) is 0 Å². The lowest BCUT2D eigenvalue weighted by molar-refractivity contribution is -0.119. The highest BCUT2D eigenvalue weighted by molar-refractivity contribution is 5.79. The van der Waals surface area contributed by atoms with Crippen molar-refractivity contribution < 1.29 is 9.53 Å². The fraction of sp³-hybridized carbons (Fsp3) is 0.857. The lowest BCUT2D eigenvalue weighted by atomic mass is 10.2. The van der Waals surface area contributed by atoms with Crippen LogP contribution in [0.2, 0.25) is 0 Å². The van der Waals surface area contributed by atoms with Crippen molar-refractivity contribution in [3.8, 4) is 0 Å². The summed E-state index contributed by atoms with van der Waals surface area (Å²) < 4.78 is 5.13. The molecule has 1 heterocycles. The maximum atomic E-state index is 10.5. The number of nitrogens with one attached hydrogen (secondary N) is 1. The first-order chi connectivity index (χ1) is 5.70. The van der Waals surface area contributed by atoms with Crippen LogP contribution in [0.5, 0.6) is 0 Å². The zero-order chi connectivity index (χ0) is 8.97. The summed E-state index contributed by atoms with van der Waals surface area (Å²) in [6, 6.07) is -0.263. The summed E-state index contributed by atoms with van der Waals surface area (Å²) in [5.74, 6) is -0.471. The highest BCUT2D eigenvalue weighted by Gasteiger charge is 2.17. The summed E-state index contributed by atoms with van der Waals surface area (Å²) >= 11 is 0. The van der Waals surface area contributed by atoms with E-state index in [2.05, 4.69) is 5.32 Å². The van der Waals surface area contributed by atoms with Gasteiger partial charge in [0.05, 0.1) is 12.6 Å². The molecule has 70 valence electrons. The first kappa shape index (κ1) is 9.44. The Bertz CT molecular complexity index is 157. The second-order valence-corrected chi connectivity index (χ2v) is 2.98. The Morgan fingerprint density at radius 3 is 3.00 bits per heavy atom. The zero-order valence-corrected chi connectivity index (χ0v) is 6.95. The van der Waals surface area contributed by atoms with Gasteiger partial charge in [0.2, 0.25) is 5.91 Å². The number of ether oxygens (including phenoxy) is 1. The number of carbonyl (C=O) groups is 1. The molecule has 1 aliphatic rings. The van der Waals surface area contributed by atoms with E-state index in [0.717, 1.165) is 13.0 Å². The van der Waals surface area contributed by atoms with Gasteiger partial charge in [-0.05, 0) is 6.42 Å². The predicted octanol–water partition coefficient (Wildman–Crippen LogP) is -1.82. The molecule has 1 amide bonds. The molecule has 1 aliphatic heterocycles. The number of hydrogen-bond acceptors (Lipinski definition) is 4. The molecule has 0 aromatic carbocycles. The Hall–Kier alpha value is -0.650. The van der Waals surface area contributed by atoms with Crippen LogP contribution in [-0.4, -0.2) is 37.7 Å². The molecule has 0 radical (unpaired) electrons. The molecule has 12 heavy (non-hydrogen) atoms. The Morgan fingerprint density at radius 2 is 2.50 bits per heavy atom. The van der Waals surface area contributed by atoms with Gasteiger partial charge in [0, 0.05) is 19.2 Å². The van der Waals surface area contributed by atoms with E-state index in [1.807, 2.05) is 0 Å². The molecular formula is C7H15N3O2. The average Bonchev–Trinajstić information content (AvgIpc) is 2.51. The number of primary amides is 1. The maximum absolute atomic E-state index is 10.5. The average molecular weight is 173 g/mol. The first-order valence-corrected chi connectivity index (χ1v) is 4.06. The number of nitrogens with two attached hydrogens (primary N) is 2. The third-order valence-electron chi connectivity index (χ3n) is 1.92. The lowest BCUT2D eigenvalue weighted by Gasteiger charge is -2.12. The van der Waals surface area contributed by atoms with E-state index in [1.165, 1.54) is 0 Å². The summed E-state index contributed by atoms with van der Waals surface area (Å²) in [5.41, 5.74) is 10.4. The number of carbonyl (C=O) groups excluding carboxylic acids is 1. The normalized spacial score (nSPS) is 25.6. The van der Waals surface area contributed by atoms with Crippen molar-refractivity contribution >= 4 is 5.91 Å². The van der Waals surface area contributed by atoms with Crippen molar-refractivity contribution in [2.75, 3.05) is 19.8 Å². The Balaban J connectivity index is 2.11. The quantitative estimate of drug-likeness (QED) is 0.467. The van der Waals surface area contributed by atoms with E-state index in [4.69, 9.17) is 16.2 Å². The molecule has 5 nitrogen and oxygen atoms in total. The molecule has 0 aliphatic carbocycles. The zero-order valence-electron chi connectivity index (χ0n) is 6.95. The summed E-state index contributed by atoms with van der Waals surface area (Å²) in [5, 5.41) is 3.11. The van der Waals surface area contributed by atoms with Crippen LogP contribution in [0.1, 0.15) is 6.42 Å². The molecule has 5 heteroatoms. The van der Waals surface area contributed by atoms with Crippen molar-refractivity contribution in [3.05, 3.63) is 0 Å². The van der Waals surface area contributed by atoms with Gasteiger partial charge in [0.1, 0.15) is 0 Å². The minimum absolute atomic E-state index is 0.329. The fourth-order valence-electron chi connectivity index (χ4n) is 1.09. The predicted molar refractivity (Wildman–Crippen MR) is 44.4 cm³/mol. The molecule has 0 saturated carbocycles. The molecule has 0 aromatic heterocycles. The van der Waals surface area contributed by atoms with Gasteiger partial charge in [-0.15, -0.1) is 0 Å². The van der Waals surface area contributed by atoms with Crippen molar-refractivity contribution in [2.45, 2.75) is 18.5 Å². The third-order valence-corrected chi connectivity index (χ3v) is 1.92. The highest BCUT2D eigenvalue weighted by Crippen LogP contribution is 2.02. The summed E-state index contributed by atoms with van der Waals surface area (Å²) in [6.45, 7) is 1.91. The van der Waals surface area contributed by atoms with E-state index in [-0.39, 0.29) is 0 Å². The first-order valence-electron chi connectivity index (χ1n) is 4.06. The van der Waals surface area contributed by atoms with Gasteiger partial charge in [0.15, 0.2) is 0 Å². The minimum atomic E-state index is -0.592. The van der Waals surface area contributed by atoms with E-state index in [1.54, 1.807) is 0 Å². The largest absolute Gasteiger partial charge is 0.380 e. The van der Waals surface area contributed by atoms with E-state index in [9.17, 15) is 4.79 Å². The molecule has 0 bridgehead atoms. The van der Waals surface area contributed by atoms with Crippen LogP contribution < -0.4 is 16.8 Å². The summed E-state index contributed by atoms with van der Waals surface area (Å²) in [6.07, 6.45) is 0.978. The second-order valence-electron chi connectivity index (χ2n) is 2.98. The van der Waals surface area contributed by atoms with Gasteiger partial charge in [-0.1, -0.05) is 0 Å². The molecule has 1 rings (SSSR count). The number of amides is 1. The highest BCUT2D eigenvalue weighted by atomic mass is 16.5. The maximum Gasteiger partial charge on any atom is 0.235 e. The smallest absolute Gasteiger partial charge is 0.235 e. The van der Waals surface area contributed by atoms with Crippen LogP contribution in [0.25, 0.3) is 0 Å². The van der Waals surface area contributed by atoms with Gasteiger partial charge >= 0.3 is 0 Å². The van der Waals surface area contributed by atoms with Crippen LogP contribution in [0, 0.1) is 0 Å². The van der Waals surface area contributed by atoms with Crippen LogP contribution >= 0.6 is 0 Å². The van der Waals surface area contributed by atoms with Crippen LogP contribution in [0.3, 0.4) is 0 Å².